The summed E-state index contributed by atoms with van der Waals surface area (Å²) in [4.78, 5) is 42.6. The first-order chi connectivity index (χ1) is 15.5. The minimum Gasteiger partial charge on any atom is -0.351 e. The molecule has 0 saturated heterocycles. The zero-order valence-corrected chi connectivity index (χ0v) is 19.6. The summed E-state index contributed by atoms with van der Waals surface area (Å²) in [6.45, 7) is 1.50. The zero-order chi connectivity index (χ0) is 22.5. The van der Waals surface area contributed by atoms with Crippen LogP contribution in [0.4, 0.5) is 5.69 Å². The SMILES string of the molecule is CC(=O)c1cccc(N(C(=O)Cc2cccs2)C(C(=O)NC2CCCC2)c2cccs2)c1. The second-order valence-corrected chi connectivity index (χ2v) is 10.0. The second-order valence-electron chi connectivity index (χ2n) is 8.03. The fourth-order valence-corrected chi connectivity index (χ4v) is 5.64. The molecule has 1 unspecified atom stereocenters. The van der Waals surface area contributed by atoms with Gasteiger partial charge in [-0.25, -0.2) is 0 Å². The van der Waals surface area contributed by atoms with Crippen molar-refractivity contribution in [3.8, 4) is 0 Å². The molecule has 1 aliphatic rings. The molecule has 0 aliphatic heterocycles. The first-order valence-corrected chi connectivity index (χ1v) is 12.6. The lowest BCUT2D eigenvalue weighted by molar-refractivity contribution is -0.126. The van der Waals surface area contributed by atoms with E-state index in [2.05, 4.69) is 5.32 Å². The Morgan fingerprint density at radius 3 is 2.44 bits per heavy atom. The smallest absolute Gasteiger partial charge is 0.248 e. The lowest BCUT2D eigenvalue weighted by Crippen LogP contribution is -2.46. The maximum atomic E-state index is 13.6. The lowest BCUT2D eigenvalue weighted by atomic mass is 10.1. The molecule has 0 bridgehead atoms. The molecule has 1 saturated carbocycles. The van der Waals surface area contributed by atoms with E-state index in [0.29, 0.717) is 11.3 Å². The normalized spacial score (nSPS) is 14.8. The van der Waals surface area contributed by atoms with E-state index in [1.807, 2.05) is 35.0 Å². The van der Waals surface area contributed by atoms with Gasteiger partial charge in [-0.2, -0.15) is 0 Å². The Kier molecular flexibility index (Phi) is 7.17. The topological polar surface area (TPSA) is 66.5 Å². The average molecular weight is 467 g/mol. The summed E-state index contributed by atoms with van der Waals surface area (Å²) >= 11 is 2.97. The predicted octanol–water partition coefficient (Wildman–Crippen LogP) is 5.39. The Hall–Kier alpha value is -2.77. The van der Waals surface area contributed by atoms with Crippen LogP contribution in [-0.4, -0.2) is 23.6 Å². The van der Waals surface area contributed by atoms with Crippen molar-refractivity contribution in [3.63, 3.8) is 0 Å². The maximum absolute atomic E-state index is 13.6. The number of rotatable bonds is 8. The van der Waals surface area contributed by atoms with Crippen LogP contribution in [0.2, 0.25) is 0 Å². The van der Waals surface area contributed by atoms with E-state index in [0.717, 1.165) is 35.4 Å². The largest absolute Gasteiger partial charge is 0.351 e. The van der Waals surface area contributed by atoms with Gasteiger partial charge in [-0.15, -0.1) is 22.7 Å². The average Bonchev–Trinajstić information content (AvgIpc) is 3.55. The monoisotopic (exact) mass is 466 g/mol. The third kappa shape index (κ3) is 5.16. The number of hydrogen-bond acceptors (Lipinski definition) is 5. The van der Waals surface area contributed by atoms with E-state index in [4.69, 9.17) is 0 Å². The van der Waals surface area contributed by atoms with E-state index in [1.165, 1.54) is 29.6 Å². The molecular weight excluding hydrogens is 440 g/mol. The van der Waals surface area contributed by atoms with E-state index in [1.54, 1.807) is 29.2 Å². The van der Waals surface area contributed by atoms with Gasteiger partial charge in [-0.1, -0.05) is 37.1 Å². The molecule has 166 valence electrons. The number of amides is 2. The number of Topliss-reactive ketones (excluding diaryl/α,β-unsaturated/α-hetero) is 1. The first-order valence-electron chi connectivity index (χ1n) is 10.8. The molecule has 1 fully saturated rings. The van der Waals surface area contributed by atoms with Crippen molar-refractivity contribution >= 4 is 46.0 Å². The first kappa shape index (κ1) is 22.4. The van der Waals surface area contributed by atoms with Gasteiger partial charge in [0.2, 0.25) is 11.8 Å². The fourth-order valence-electron chi connectivity index (χ4n) is 4.13. The molecule has 3 aromatic rings. The fraction of sp³-hybridized carbons (Fsp3) is 0.320. The van der Waals surface area contributed by atoms with E-state index in [-0.39, 0.29) is 30.1 Å². The third-order valence-electron chi connectivity index (χ3n) is 5.73. The van der Waals surface area contributed by atoms with Crippen molar-refractivity contribution < 1.29 is 14.4 Å². The second kappa shape index (κ2) is 10.2. The standard InChI is InChI=1S/C25H26N2O3S2/c1-17(28)18-7-4-10-20(15-18)27(23(29)16-21-11-5-13-31-21)24(22-12-6-14-32-22)25(30)26-19-8-2-3-9-19/h4-7,10-15,19,24H,2-3,8-9,16H2,1H3,(H,26,30). The molecule has 2 amide bonds. The van der Waals surface area contributed by atoms with Gasteiger partial charge in [-0.05, 0) is 54.8 Å². The Labute approximate surface area is 196 Å². The van der Waals surface area contributed by atoms with Crippen LogP contribution in [0.1, 0.15) is 58.8 Å². The van der Waals surface area contributed by atoms with Crippen molar-refractivity contribution in [2.24, 2.45) is 0 Å². The van der Waals surface area contributed by atoms with Crippen molar-refractivity contribution in [1.82, 2.24) is 5.32 Å². The van der Waals surface area contributed by atoms with Crippen LogP contribution in [0, 0.1) is 0 Å². The number of anilines is 1. The molecule has 2 heterocycles. The summed E-state index contributed by atoms with van der Waals surface area (Å²) in [5.74, 6) is -0.430. The van der Waals surface area contributed by atoms with Crippen LogP contribution < -0.4 is 10.2 Å². The number of thiophene rings is 2. The van der Waals surface area contributed by atoms with Gasteiger partial charge >= 0.3 is 0 Å². The van der Waals surface area contributed by atoms with E-state index in [9.17, 15) is 14.4 Å². The van der Waals surface area contributed by atoms with Gasteiger partial charge in [-0.3, -0.25) is 19.3 Å². The number of carbonyl (C=O) groups excluding carboxylic acids is 3. The van der Waals surface area contributed by atoms with Crippen LogP contribution in [0.5, 0.6) is 0 Å². The molecule has 0 spiro atoms. The zero-order valence-electron chi connectivity index (χ0n) is 18.0. The highest BCUT2D eigenvalue weighted by atomic mass is 32.1. The summed E-state index contributed by atoms with van der Waals surface area (Å²) in [5.41, 5.74) is 1.07. The summed E-state index contributed by atoms with van der Waals surface area (Å²) < 4.78 is 0. The van der Waals surface area contributed by atoms with Gasteiger partial charge in [0.05, 0.1) is 6.42 Å². The lowest BCUT2D eigenvalue weighted by Gasteiger charge is -2.31. The molecule has 5 nitrogen and oxygen atoms in total. The van der Waals surface area contributed by atoms with E-state index < -0.39 is 6.04 Å². The number of hydrogen-bond donors (Lipinski definition) is 1. The number of nitrogens with one attached hydrogen (secondary N) is 1. The van der Waals surface area contributed by atoms with Crippen LogP contribution >= 0.6 is 22.7 Å². The summed E-state index contributed by atoms with van der Waals surface area (Å²) in [6, 6.07) is 14.0. The predicted molar refractivity (Wildman–Crippen MR) is 129 cm³/mol. The Bertz CT molecular complexity index is 1070. The number of nitrogens with zero attached hydrogens (tertiary/aromatic N) is 1. The van der Waals surface area contributed by atoms with Gasteiger partial charge in [0, 0.05) is 27.0 Å². The molecule has 1 aliphatic carbocycles. The highest BCUT2D eigenvalue weighted by molar-refractivity contribution is 7.10. The maximum Gasteiger partial charge on any atom is 0.248 e. The molecule has 32 heavy (non-hydrogen) atoms. The molecule has 4 rings (SSSR count). The highest BCUT2D eigenvalue weighted by Gasteiger charge is 2.35. The summed E-state index contributed by atoms with van der Waals surface area (Å²) in [7, 11) is 0. The minimum atomic E-state index is -0.787. The Morgan fingerprint density at radius 1 is 1.03 bits per heavy atom. The van der Waals surface area contributed by atoms with Crippen LogP contribution in [0.25, 0.3) is 0 Å². The molecule has 0 radical (unpaired) electrons. The van der Waals surface area contributed by atoms with Crippen molar-refractivity contribution in [2.75, 3.05) is 4.90 Å². The number of ketones is 1. The molecular formula is C25H26N2O3S2. The van der Waals surface area contributed by atoms with Crippen LogP contribution in [-0.2, 0) is 16.0 Å². The van der Waals surface area contributed by atoms with Crippen molar-refractivity contribution in [1.29, 1.82) is 0 Å². The van der Waals surface area contributed by atoms with Crippen molar-refractivity contribution in [3.05, 3.63) is 74.6 Å². The molecule has 1 aromatic carbocycles. The van der Waals surface area contributed by atoms with E-state index >= 15 is 0 Å². The van der Waals surface area contributed by atoms with Crippen LogP contribution in [0.15, 0.2) is 59.3 Å². The summed E-state index contributed by atoms with van der Waals surface area (Å²) in [6.07, 6.45) is 4.34. The molecule has 2 aromatic heterocycles. The minimum absolute atomic E-state index is 0.0828. The number of carbonyl (C=O) groups is 3. The molecule has 1 atom stereocenters. The Balaban J connectivity index is 1.75. The molecule has 7 heteroatoms. The number of benzene rings is 1. The Morgan fingerprint density at radius 2 is 1.78 bits per heavy atom. The van der Waals surface area contributed by atoms with Gasteiger partial charge in [0.15, 0.2) is 5.78 Å². The highest BCUT2D eigenvalue weighted by Crippen LogP contribution is 2.33. The third-order valence-corrected chi connectivity index (χ3v) is 7.53. The van der Waals surface area contributed by atoms with Crippen molar-refractivity contribution in [2.45, 2.75) is 51.1 Å². The van der Waals surface area contributed by atoms with Gasteiger partial charge in [0.25, 0.3) is 0 Å². The quantitative estimate of drug-likeness (QED) is 0.453. The van der Waals surface area contributed by atoms with Gasteiger partial charge in [0.1, 0.15) is 6.04 Å². The van der Waals surface area contributed by atoms with Gasteiger partial charge < -0.3 is 5.32 Å². The van der Waals surface area contributed by atoms with Crippen LogP contribution in [0.3, 0.4) is 0 Å². The molecule has 1 N–H and O–H groups in total. The summed E-state index contributed by atoms with van der Waals surface area (Å²) in [5, 5.41) is 7.03.